The van der Waals surface area contributed by atoms with Crippen molar-refractivity contribution in [3.8, 4) is 0 Å². The Balaban J connectivity index is 1.06. The van der Waals surface area contributed by atoms with Crippen LogP contribution in [0.25, 0.3) is 10.9 Å². The van der Waals surface area contributed by atoms with Crippen LogP contribution in [-0.2, 0) is 20.7 Å². The van der Waals surface area contributed by atoms with Crippen LogP contribution in [0, 0.1) is 17.8 Å². The number of H-pyrrole nitrogens is 1. The lowest BCUT2D eigenvalue weighted by molar-refractivity contribution is -0.150. The van der Waals surface area contributed by atoms with Gasteiger partial charge in [-0.1, -0.05) is 18.2 Å². The molecule has 4 bridgehead atoms. The minimum atomic E-state index is -0.287. The van der Waals surface area contributed by atoms with Crippen molar-refractivity contribution in [1.82, 2.24) is 10.3 Å². The van der Waals surface area contributed by atoms with E-state index in [9.17, 15) is 9.59 Å². The molecule has 1 heterocycles. The largest absolute Gasteiger partial charge is 0.456 e. The standard InChI is InChI=1S/C24H30N2O3/c27-22(26-24-11-16-8-17(12-24)10-18(9-16)13-24)15-29-23(28)7-3-4-19-14-25-21-6-2-1-5-20(19)21/h1-2,5-6,14,16-18,25H,3-4,7-13,15H2,(H,26,27). The van der Waals surface area contributed by atoms with Gasteiger partial charge in [-0.15, -0.1) is 0 Å². The van der Waals surface area contributed by atoms with E-state index in [0.29, 0.717) is 6.42 Å². The Hall–Kier alpha value is -2.30. The van der Waals surface area contributed by atoms with E-state index in [4.69, 9.17) is 4.74 Å². The Morgan fingerprint density at radius 3 is 2.48 bits per heavy atom. The van der Waals surface area contributed by atoms with Gasteiger partial charge >= 0.3 is 5.97 Å². The van der Waals surface area contributed by atoms with Crippen LogP contribution in [0.3, 0.4) is 0 Å². The van der Waals surface area contributed by atoms with Crippen LogP contribution in [0.2, 0.25) is 0 Å². The highest BCUT2D eigenvalue weighted by molar-refractivity contribution is 5.83. The second-order valence-corrected chi connectivity index (χ2v) is 9.62. The van der Waals surface area contributed by atoms with E-state index in [1.807, 2.05) is 18.3 Å². The molecule has 0 unspecified atom stereocenters. The van der Waals surface area contributed by atoms with E-state index in [1.54, 1.807) is 0 Å². The number of benzene rings is 1. The van der Waals surface area contributed by atoms with E-state index < -0.39 is 0 Å². The van der Waals surface area contributed by atoms with E-state index in [1.165, 1.54) is 30.2 Å². The van der Waals surface area contributed by atoms with Crippen molar-refractivity contribution in [2.45, 2.75) is 63.3 Å². The predicted octanol–water partition coefficient (Wildman–Crippen LogP) is 4.12. The monoisotopic (exact) mass is 394 g/mol. The molecular formula is C24H30N2O3. The molecule has 0 spiro atoms. The third-order valence-corrected chi connectivity index (χ3v) is 7.31. The number of aryl methyl sites for hydroxylation is 1. The molecule has 154 valence electrons. The number of para-hydroxylation sites is 1. The van der Waals surface area contributed by atoms with Crippen LogP contribution in [0.1, 0.15) is 56.9 Å². The first kappa shape index (κ1) is 18.7. The first-order valence-corrected chi connectivity index (χ1v) is 11.1. The first-order valence-electron chi connectivity index (χ1n) is 11.1. The number of nitrogens with one attached hydrogen (secondary N) is 2. The van der Waals surface area contributed by atoms with Crippen LogP contribution in [-0.4, -0.2) is 29.0 Å². The van der Waals surface area contributed by atoms with Gasteiger partial charge in [-0.2, -0.15) is 0 Å². The number of ether oxygens (including phenoxy) is 1. The highest BCUT2D eigenvalue weighted by atomic mass is 16.5. The molecule has 5 nitrogen and oxygen atoms in total. The SMILES string of the molecule is O=C(COC(=O)CCCc1c[nH]c2ccccc12)NC12CC3CC(CC(C3)C1)C2. The number of aromatic amines is 1. The van der Waals surface area contributed by atoms with Crippen molar-refractivity contribution in [3.63, 3.8) is 0 Å². The smallest absolute Gasteiger partial charge is 0.306 e. The molecular weight excluding hydrogens is 364 g/mol. The van der Waals surface area contributed by atoms with Crippen LogP contribution in [0.15, 0.2) is 30.5 Å². The Kier molecular flexibility index (Phi) is 4.84. The molecule has 1 aromatic heterocycles. The Bertz CT molecular complexity index is 880. The number of hydrogen-bond acceptors (Lipinski definition) is 3. The maximum absolute atomic E-state index is 12.4. The van der Waals surface area contributed by atoms with Crippen molar-refractivity contribution in [1.29, 1.82) is 0 Å². The maximum Gasteiger partial charge on any atom is 0.306 e. The van der Waals surface area contributed by atoms with Gasteiger partial charge in [-0.25, -0.2) is 0 Å². The molecule has 4 aliphatic carbocycles. The minimum absolute atomic E-state index is 0.0203. The molecule has 0 saturated heterocycles. The van der Waals surface area contributed by atoms with E-state index in [-0.39, 0.29) is 24.0 Å². The van der Waals surface area contributed by atoms with Crippen LogP contribution >= 0.6 is 0 Å². The van der Waals surface area contributed by atoms with Gasteiger partial charge in [-0.05, 0) is 80.8 Å². The number of aromatic nitrogens is 1. The van der Waals surface area contributed by atoms with Gasteiger partial charge in [0.25, 0.3) is 5.91 Å². The molecule has 6 rings (SSSR count). The van der Waals surface area contributed by atoms with Crippen molar-refractivity contribution in [2.75, 3.05) is 6.61 Å². The molecule has 0 radical (unpaired) electrons. The molecule has 4 fully saturated rings. The third-order valence-electron chi connectivity index (χ3n) is 7.31. The first-order chi connectivity index (χ1) is 14.1. The van der Waals surface area contributed by atoms with Crippen LogP contribution in [0.4, 0.5) is 0 Å². The lowest BCUT2D eigenvalue weighted by Gasteiger charge is -2.56. The topological polar surface area (TPSA) is 71.2 Å². The molecule has 4 saturated carbocycles. The number of hydrogen-bond donors (Lipinski definition) is 2. The summed E-state index contributed by atoms with van der Waals surface area (Å²) in [5, 5.41) is 4.46. The average molecular weight is 395 g/mol. The maximum atomic E-state index is 12.4. The van der Waals surface area contributed by atoms with Gasteiger partial charge in [0, 0.05) is 29.1 Å². The second kappa shape index (κ2) is 7.51. The molecule has 2 aromatic rings. The summed E-state index contributed by atoms with van der Waals surface area (Å²) in [6.07, 6.45) is 11.3. The number of carbonyl (C=O) groups is 2. The van der Waals surface area contributed by atoms with E-state index in [2.05, 4.69) is 22.4 Å². The normalized spacial score (nSPS) is 29.9. The molecule has 0 atom stereocenters. The number of carbonyl (C=O) groups excluding carboxylic acids is 2. The highest BCUT2D eigenvalue weighted by Crippen LogP contribution is 2.55. The summed E-state index contributed by atoms with van der Waals surface area (Å²) in [5.41, 5.74) is 2.31. The summed E-state index contributed by atoms with van der Waals surface area (Å²) in [6, 6.07) is 8.18. The summed E-state index contributed by atoms with van der Waals surface area (Å²) in [7, 11) is 0. The second-order valence-electron chi connectivity index (χ2n) is 9.62. The Morgan fingerprint density at radius 1 is 1.07 bits per heavy atom. The number of fused-ring (bicyclic) bond motifs is 1. The summed E-state index contributed by atoms with van der Waals surface area (Å²) in [5.74, 6) is 1.94. The quantitative estimate of drug-likeness (QED) is 0.694. The number of rotatable bonds is 7. The van der Waals surface area contributed by atoms with Gasteiger partial charge in [0.15, 0.2) is 6.61 Å². The fourth-order valence-corrected chi connectivity index (χ4v) is 6.58. The molecule has 0 aliphatic heterocycles. The van der Waals surface area contributed by atoms with Gasteiger partial charge < -0.3 is 15.0 Å². The van der Waals surface area contributed by atoms with Crippen molar-refractivity contribution in [3.05, 3.63) is 36.0 Å². The molecule has 5 heteroatoms. The van der Waals surface area contributed by atoms with Crippen molar-refractivity contribution in [2.24, 2.45) is 17.8 Å². The third kappa shape index (κ3) is 3.92. The van der Waals surface area contributed by atoms with Gasteiger partial charge in [0.1, 0.15) is 0 Å². The lowest BCUT2D eigenvalue weighted by atomic mass is 9.53. The summed E-state index contributed by atoms with van der Waals surface area (Å²) >= 11 is 0. The van der Waals surface area contributed by atoms with Gasteiger partial charge in [0.2, 0.25) is 0 Å². The fourth-order valence-electron chi connectivity index (χ4n) is 6.58. The van der Waals surface area contributed by atoms with Gasteiger partial charge in [0.05, 0.1) is 0 Å². The highest BCUT2D eigenvalue weighted by Gasteiger charge is 2.51. The molecule has 4 aliphatic rings. The van der Waals surface area contributed by atoms with Crippen LogP contribution < -0.4 is 5.32 Å². The molecule has 1 amide bonds. The fraction of sp³-hybridized carbons (Fsp3) is 0.583. The number of esters is 1. The van der Waals surface area contributed by atoms with Crippen molar-refractivity contribution < 1.29 is 14.3 Å². The zero-order valence-corrected chi connectivity index (χ0v) is 16.9. The molecule has 1 aromatic carbocycles. The van der Waals surface area contributed by atoms with E-state index in [0.717, 1.165) is 55.4 Å². The Morgan fingerprint density at radius 2 is 1.76 bits per heavy atom. The summed E-state index contributed by atoms with van der Waals surface area (Å²) in [6.45, 7) is -0.145. The van der Waals surface area contributed by atoms with Crippen molar-refractivity contribution >= 4 is 22.8 Å². The van der Waals surface area contributed by atoms with Crippen LogP contribution in [0.5, 0.6) is 0 Å². The zero-order valence-electron chi connectivity index (χ0n) is 16.9. The number of amides is 1. The predicted molar refractivity (Wildman–Crippen MR) is 111 cm³/mol. The molecule has 2 N–H and O–H groups in total. The molecule has 29 heavy (non-hydrogen) atoms. The lowest BCUT2D eigenvalue weighted by Crippen LogP contribution is -2.60. The summed E-state index contributed by atoms with van der Waals surface area (Å²) < 4.78 is 5.27. The summed E-state index contributed by atoms with van der Waals surface area (Å²) in [4.78, 5) is 27.8. The van der Waals surface area contributed by atoms with Gasteiger partial charge in [-0.3, -0.25) is 9.59 Å². The Labute approximate surface area is 171 Å². The van der Waals surface area contributed by atoms with E-state index >= 15 is 0 Å². The minimum Gasteiger partial charge on any atom is -0.456 e. The zero-order chi connectivity index (χ0) is 19.8. The average Bonchev–Trinajstić information content (AvgIpc) is 3.08.